The van der Waals surface area contributed by atoms with E-state index in [1.165, 1.54) is 0 Å². The van der Waals surface area contributed by atoms with Crippen molar-refractivity contribution in [1.29, 1.82) is 0 Å². The first-order valence-corrected chi connectivity index (χ1v) is 4.41. The van der Waals surface area contributed by atoms with Crippen LogP contribution >= 0.6 is 11.3 Å². The molecule has 0 bridgehead atoms. The van der Waals surface area contributed by atoms with Crippen LogP contribution in [0, 0.1) is 0 Å². The van der Waals surface area contributed by atoms with Crippen molar-refractivity contribution in [2.45, 2.75) is 26.1 Å². The maximum atomic E-state index is 11.7. The van der Waals surface area contributed by atoms with Gasteiger partial charge >= 0.3 is 6.36 Å². The lowest BCUT2D eigenvalue weighted by Crippen LogP contribution is -2.16. The van der Waals surface area contributed by atoms with Crippen LogP contribution < -0.4 is 4.74 Å². The van der Waals surface area contributed by atoms with Crippen molar-refractivity contribution in [3.05, 3.63) is 11.2 Å². The van der Waals surface area contributed by atoms with Gasteiger partial charge in [-0.05, 0) is 0 Å². The lowest BCUT2D eigenvalue weighted by Gasteiger charge is -2.04. The van der Waals surface area contributed by atoms with Crippen LogP contribution in [0.4, 0.5) is 13.2 Å². The van der Waals surface area contributed by atoms with Crippen LogP contribution in [0.1, 0.15) is 24.8 Å². The summed E-state index contributed by atoms with van der Waals surface area (Å²) in [6.45, 7) is 3.71. The van der Waals surface area contributed by atoms with Gasteiger partial charge in [-0.15, -0.1) is 13.2 Å². The van der Waals surface area contributed by atoms with Gasteiger partial charge in [0.05, 0.1) is 11.2 Å². The van der Waals surface area contributed by atoms with Gasteiger partial charge in [-0.25, -0.2) is 4.98 Å². The van der Waals surface area contributed by atoms with E-state index in [1.807, 2.05) is 13.8 Å². The highest BCUT2D eigenvalue weighted by Crippen LogP contribution is 2.31. The fourth-order valence-corrected chi connectivity index (χ4v) is 1.49. The van der Waals surface area contributed by atoms with Gasteiger partial charge in [0.1, 0.15) is 0 Å². The lowest BCUT2D eigenvalue weighted by molar-refractivity contribution is -0.273. The smallest absolute Gasteiger partial charge is 0.394 e. The van der Waals surface area contributed by atoms with E-state index in [1.54, 1.807) is 0 Å². The maximum Gasteiger partial charge on any atom is 0.573 e. The second-order valence-electron chi connectivity index (χ2n) is 2.72. The van der Waals surface area contributed by atoms with Crippen LogP contribution in [-0.2, 0) is 0 Å². The monoisotopic (exact) mass is 211 g/mol. The highest BCUT2D eigenvalue weighted by Gasteiger charge is 2.32. The van der Waals surface area contributed by atoms with Crippen molar-refractivity contribution in [1.82, 2.24) is 4.98 Å². The number of aromatic nitrogens is 1. The normalized spacial score (nSPS) is 12.2. The molecule has 1 aromatic heterocycles. The molecule has 0 amide bonds. The Morgan fingerprint density at radius 2 is 2.08 bits per heavy atom. The molecular formula is C7H8F3NOS. The van der Waals surface area contributed by atoms with E-state index < -0.39 is 6.36 Å². The largest absolute Gasteiger partial charge is 0.573 e. The van der Waals surface area contributed by atoms with Crippen molar-refractivity contribution in [2.24, 2.45) is 0 Å². The third-order valence-corrected chi connectivity index (χ3v) is 2.39. The predicted octanol–water partition coefficient (Wildman–Crippen LogP) is 3.17. The van der Waals surface area contributed by atoms with E-state index in [4.69, 9.17) is 0 Å². The summed E-state index contributed by atoms with van der Waals surface area (Å²) >= 11 is 0.915. The Labute approximate surface area is 77.4 Å². The van der Waals surface area contributed by atoms with E-state index in [0.717, 1.165) is 17.5 Å². The second-order valence-corrected chi connectivity index (χ2v) is 3.74. The lowest BCUT2D eigenvalue weighted by atomic mass is 10.2. The zero-order valence-corrected chi connectivity index (χ0v) is 7.87. The molecule has 0 saturated heterocycles. The third-order valence-electron chi connectivity index (χ3n) is 1.21. The molecule has 0 atom stereocenters. The molecule has 6 heteroatoms. The number of hydrogen-bond acceptors (Lipinski definition) is 3. The number of alkyl halides is 3. The first-order chi connectivity index (χ1) is 5.88. The summed E-state index contributed by atoms with van der Waals surface area (Å²) in [4.78, 5) is 3.79. The Bertz CT molecular complexity index is 282. The summed E-state index contributed by atoms with van der Waals surface area (Å²) in [6.07, 6.45) is -3.53. The molecule has 13 heavy (non-hydrogen) atoms. The van der Waals surface area contributed by atoms with E-state index in [9.17, 15) is 13.2 Å². The van der Waals surface area contributed by atoms with E-state index in [-0.39, 0.29) is 11.0 Å². The molecule has 0 aliphatic carbocycles. The molecule has 1 aromatic rings. The van der Waals surface area contributed by atoms with Crippen molar-refractivity contribution >= 4 is 11.3 Å². The predicted molar refractivity (Wildman–Crippen MR) is 42.9 cm³/mol. The molecule has 0 aliphatic rings. The summed E-state index contributed by atoms with van der Waals surface area (Å²) in [7, 11) is 0. The zero-order valence-electron chi connectivity index (χ0n) is 7.05. The van der Waals surface area contributed by atoms with Crippen LogP contribution in [-0.4, -0.2) is 11.3 Å². The summed E-state index contributed by atoms with van der Waals surface area (Å²) in [5.74, 6) is 0.121. The molecule has 0 unspecified atom stereocenters. The van der Waals surface area contributed by atoms with Gasteiger partial charge in [0.15, 0.2) is 0 Å². The van der Waals surface area contributed by atoms with Crippen molar-refractivity contribution < 1.29 is 17.9 Å². The van der Waals surface area contributed by atoms with Crippen molar-refractivity contribution in [2.75, 3.05) is 0 Å². The molecular weight excluding hydrogens is 203 g/mol. The Kier molecular flexibility index (Phi) is 2.80. The minimum absolute atomic E-state index is 0.121. The van der Waals surface area contributed by atoms with Crippen molar-refractivity contribution in [3.63, 3.8) is 0 Å². The Morgan fingerprint density at radius 1 is 1.46 bits per heavy atom. The van der Waals surface area contributed by atoms with Crippen LogP contribution in [0.2, 0.25) is 0 Å². The molecule has 0 aromatic carbocycles. The Balaban J connectivity index is 2.70. The SMILES string of the molecule is CC(C)c1ncc(OC(F)(F)F)s1. The molecule has 1 rings (SSSR count). The van der Waals surface area contributed by atoms with E-state index in [0.29, 0.717) is 5.01 Å². The van der Waals surface area contributed by atoms with Crippen LogP contribution in [0.3, 0.4) is 0 Å². The van der Waals surface area contributed by atoms with Gasteiger partial charge in [-0.1, -0.05) is 25.2 Å². The summed E-state index contributed by atoms with van der Waals surface area (Å²) in [5.41, 5.74) is 0. The van der Waals surface area contributed by atoms with Gasteiger partial charge < -0.3 is 4.74 Å². The Hall–Kier alpha value is -0.780. The number of ether oxygens (including phenoxy) is 1. The fourth-order valence-electron chi connectivity index (χ4n) is 0.700. The molecule has 2 nitrogen and oxygen atoms in total. The summed E-state index contributed by atoms with van der Waals surface area (Å²) in [6, 6.07) is 0. The topological polar surface area (TPSA) is 22.1 Å². The quantitative estimate of drug-likeness (QED) is 0.749. The average Bonchev–Trinajstić information content (AvgIpc) is 2.31. The average molecular weight is 211 g/mol. The molecule has 0 spiro atoms. The molecule has 1 heterocycles. The van der Waals surface area contributed by atoms with Gasteiger partial charge in [-0.2, -0.15) is 0 Å². The van der Waals surface area contributed by atoms with Gasteiger partial charge in [0.25, 0.3) is 0 Å². The highest BCUT2D eigenvalue weighted by molar-refractivity contribution is 7.13. The van der Waals surface area contributed by atoms with Crippen LogP contribution in [0.5, 0.6) is 5.06 Å². The summed E-state index contributed by atoms with van der Waals surface area (Å²) < 4.78 is 38.8. The first kappa shape index (κ1) is 10.3. The second kappa shape index (κ2) is 3.53. The maximum absolute atomic E-state index is 11.7. The highest BCUT2D eigenvalue weighted by atomic mass is 32.1. The zero-order chi connectivity index (χ0) is 10.1. The fraction of sp³-hybridized carbons (Fsp3) is 0.571. The molecule has 0 saturated carbocycles. The van der Waals surface area contributed by atoms with Gasteiger partial charge in [0.2, 0.25) is 5.06 Å². The number of halogens is 3. The third kappa shape index (κ3) is 3.22. The summed E-state index contributed by atoms with van der Waals surface area (Å²) in [5, 5.41) is 0.426. The molecule has 0 N–H and O–H groups in total. The van der Waals surface area contributed by atoms with E-state index >= 15 is 0 Å². The standard InChI is InChI=1S/C7H8F3NOS/c1-4(2)6-11-3-5(13-6)12-7(8,9)10/h3-4H,1-2H3. The van der Waals surface area contributed by atoms with Gasteiger partial charge in [-0.3, -0.25) is 0 Å². The number of thiazole rings is 1. The van der Waals surface area contributed by atoms with Crippen LogP contribution in [0.25, 0.3) is 0 Å². The van der Waals surface area contributed by atoms with Gasteiger partial charge in [0, 0.05) is 5.92 Å². The first-order valence-electron chi connectivity index (χ1n) is 3.60. The molecule has 0 radical (unpaired) electrons. The molecule has 74 valence electrons. The minimum Gasteiger partial charge on any atom is -0.394 e. The minimum atomic E-state index is -4.62. The molecule has 0 aliphatic heterocycles. The Morgan fingerprint density at radius 3 is 2.46 bits per heavy atom. The number of nitrogens with zero attached hydrogens (tertiary/aromatic N) is 1. The van der Waals surface area contributed by atoms with Crippen molar-refractivity contribution in [3.8, 4) is 5.06 Å². The van der Waals surface area contributed by atoms with Crippen LogP contribution in [0.15, 0.2) is 6.20 Å². The number of rotatable bonds is 2. The number of hydrogen-bond donors (Lipinski definition) is 0. The molecule has 0 fully saturated rings. The van der Waals surface area contributed by atoms with E-state index in [2.05, 4.69) is 9.72 Å².